The normalized spacial score (nSPS) is 24.7. The summed E-state index contributed by atoms with van der Waals surface area (Å²) in [7, 11) is 1.61. The van der Waals surface area contributed by atoms with Crippen LogP contribution in [0.2, 0.25) is 5.02 Å². The zero-order chi connectivity index (χ0) is 27.7. The van der Waals surface area contributed by atoms with E-state index in [0.29, 0.717) is 22.0 Å². The van der Waals surface area contributed by atoms with E-state index in [-0.39, 0.29) is 17.5 Å². The minimum Gasteiger partial charge on any atom is -0.497 e. The van der Waals surface area contributed by atoms with Crippen molar-refractivity contribution in [1.82, 2.24) is 0 Å². The summed E-state index contributed by atoms with van der Waals surface area (Å²) in [5.74, 6) is -0.958. The van der Waals surface area contributed by atoms with E-state index in [9.17, 15) is 14.4 Å². The number of para-hydroxylation sites is 1. The number of Topliss-reactive ketones (excluding diaryl/α,β-unsaturated/α-hetero) is 2. The van der Waals surface area contributed by atoms with Crippen LogP contribution in [0, 0.1) is 11.3 Å². The first-order chi connectivity index (χ1) is 18.6. The fraction of sp³-hybridized carbons (Fsp3) is 0.281. The van der Waals surface area contributed by atoms with Crippen LogP contribution in [0.25, 0.3) is 6.08 Å². The van der Waals surface area contributed by atoms with Crippen molar-refractivity contribution >= 4 is 46.5 Å². The molecule has 3 aromatic rings. The van der Waals surface area contributed by atoms with Gasteiger partial charge in [-0.3, -0.25) is 14.4 Å². The van der Waals surface area contributed by atoms with Crippen molar-refractivity contribution in [3.8, 4) is 5.75 Å². The van der Waals surface area contributed by atoms with Gasteiger partial charge in [0.15, 0.2) is 11.6 Å². The summed E-state index contributed by atoms with van der Waals surface area (Å²) in [6.45, 7) is 5.57. The maximum atomic E-state index is 14.6. The van der Waals surface area contributed by atoms with Crippen LogP contribution in [0.15, 0.2) is 72.8 Å². The van der Waals surface area contributed by atoms with Crippen LogP contribution < -0.4 is 15.0 Å². The van der Waals surface area contributed by atoms with E-state index in [1.807, 2.05) is 80.3 Å². The average Bonchev–Trinajstić information content (AvgIpc) is 3.40. The van der Waals surface area contributed by atoms with Crippen LogP contribution in [-0.2, 0) is 15.0 Å². The van der Waals surface area contributed by atoms with Crippen LogP contribution in [-0.4, -0.2) is 36.7 Å². The number of nitrogens with one attached hydrogen (secondary N) is 1. The fourth-order valence-corrected chi connectivity index (χ4v) is 6.65. The second kappa shape index (κ2) is 8.82. The maximum Gasteiger partial charge on any atom is 0.238 e. The average molecular weight is 541 g/mol. The van der Waals surface area contributed by atoms with Gasteiger partial charge in [-0.1, -0.05) is 62.7 Å². The van der Waals surface area contributed by atoms with E-state index in [1.54, 1.807) is 31.4 Å². The van der Waals surface area contributed by atoms with E-state index in [2.05, 4.69) is 5.32 Å². The van der Waals surface area contributed by atoms with Crippen molar-refractivity contribution in [2.45, 2.75) is 38.3 Å². The van der Waals surface area contributed by atoms with Crippen molar-refractivity contribution < 1.29 is 19.1 Å². The summed E-state index contributed by atoms with van der Waals surface area (Å²) in [6, 6.07) is 18.3. The third kappa shape index (κ3) is 3.58. The lowest BCUT2D eigenvalue weighted by molar-refractivity contribution is -0.128. The van der Waals surface area contributed by atoms with Gasteiger partial charge < -0.3 is 15.0 Å². The SMILES string of the molecule is COc1ccc2c(c1)C=CC1N2C(C(=O)C(C)(C)C)C(C(=O)c2ccc(Cl)cc2)C12C(=O)Nc1ccccc12. The Hall–Kier alpha value is -3.90. The van der Waals surface area contributed by atoms with Gasteiger partial charge in [-0.15, -0.1) is 0 Å². The quantitative estimate of drug-likeness (QED) is 0.415. The summed E-state index contributed by atoms with van der Waals surface area (Å²) in [4.78, 5) is 45.3. The molecule has 4 unspecified atom stereocenters. The van der Waals surface area contributed by atoms with Crippen molar-refractivity contribution in [1.29, 1.82) is 0 Å². The number of rotatable bonds is 4. The Morgan fingerprint density at radius 2 is 1.74 bits per heavy atom. The molecular formula is C32H29ClN2O4. The molecule has 6 rings (SSSR count). The molecule has 1 amide bonds. The van der Waals surface area contributed by atoms with Gasteiger partial charge in [0.05, 0.1) is 19.1 Å². The molecule has 1 spiro atoms. The number of hydrogen-bond donors (Lipinski definition) is 1. The number of carbonyl (C=O) groups excluding carboxylic acids is 3. The third-order valence-electron chi connectivity index (χ3n) is 8.26. The minimum atomic E-state index is -1.33. The lowest BCUT2D eigenvalue weighted by Crippen LogP contribution is -2.51. The predicted molar refractivity (Wildman–Crippen MR) is 153 cm³/mol. The van der Waals surface area contributed by atoms with Crippen LogP contribution in [0.1, 0.15) is 42.3 Å². The van der Waals surface area contributed by atoms with E-state index in [1.165, 1.54) is 0 Å². The van der Waals surface area contributed by atoms with E-state index in [0.717, 1.165) is 16.8 Å². The Morgan fingerprint density at radius 3 is 2.44 bits per heavy atom. The third-order valence-corrected chi connectivity index (χ3v) is 8.51. The Morgan fingerprint density at radius 1 is 1.03 bits per heavy atom. The van der Waals surface area contributed by atoms with E-state index >= 15 is 0 Å². The van der Waals surface area contributed by atoms with Crippen molar-refractivity contribution in [3.05, 3.63) is 94.5 Å². The Balaban J connectivity index is 1.67. The molecule has 39 heavy (non-hydrogen) atoms. The van der Waals surface area contributed by atoms with Gasteiger partial charge in [-0.25, -0.2) is 0 Å². The molecule has 3 heterocycles. The van der Waals surface area contributed by atoms with Crippen LogP contribution >= 0.6 is 11.6 Å². The lowest BCUT2D eigenvalue weighted by atomic mass is 9.63. The highest BCUT2D eigenvalue weighted by atomic mass is 35.5. The van der Waals surface area contributed by atoms with Gasteiger partial charge in [0.2, 0.25) is 5.91 Å². The summed E-state index contributed by atoms with van der Waals surface area (Å²) in [6.07, 6.45) is 3.92. The van der Waals surface area contributed by atoms with E-state index in [4.69, 9.17) is 16.3 Å². The second-order valence-electron chi connectivity index (χ2n) is 11.4. The largest absolute Gasteiger partial charge is 0.497 e. The molecule has 3 aromatic carbocycles. The van der Waals surface area contributed by atoms with Gasteiger partial charge in [-0.05, 0) is 54.1 Å². The zero-order valence-corrected chi connectivity index (χ0v) is 23.0. The second-order valence-corrected chi connectivity index (χ2v) is 11.8. The van der Waals surface area contributed by atoms with Gasteiger partial charge in [-0.2, -0.15) is 0 Å². The molecule has 0 bridgehead atoms. The monoisotopic (exact) mass is 540 g/mol. The number of methoxy groups -OCH3 is 1. The summed E-state index contributed by atoms with van der Waals surface area (Å²) in [5.41, 5.74) is 1.34. The van der Waals surface area contributed by atoms with Crippen LogP contribution in [0.4, 0.5) is 11.4 Å². The molecule has 1 N–H and O–H groups in total. The van der Waals surface area contributed by atoms with E-state index < -0.39 is 28.8 Å². The number of anilines is 2. The highest BCUT2D eigenvalue weighted by Gasteiger charge is 2.70. The maximum absolute atomic E-state index is 14.6. The van der Waals surface area contributed by atoms with Gasteiger partial charge in [0.1, 0.15) is 17.2 Å². The first-order valence-electron chi connectivity index (χ1n) is 13.0. The first kappa shape index (κ1) is 25.4. The minimum absolute atomic E-state index is 0.106. The molecule has 6 nitrogen and oxygen atoms in total. The number of halogens is 1. The molecule has 0 aromatic heterocycles. The number of amides is 1. The molecule has 0 saturated carbocycles. The first-order valence-corrected chi connectivity index (χ1v) is 13.4. The van der Waals surface area contributed by atoms with Gasteiger partial charge in [0.25, 0.3) is 0 Å². The number of fused-ring (bicyclic) bond motifs is 6. The van der Waals surface area contributed by atoms with Crippen molar-refractivity contribution in [2.24, 2.45) is 11.3 Å². The number of nitrogens with zero attached hydrogens (tertiary/aromatic N) is 1. The number of ether oxygens (including phenoxy) is 1. The summed E-state index contributed by atoms with van der Waals surface area (Å²) >= 11 is 6.15. The van der Waals surface area contributed by atoms with Crippen LogP contribution in [0.3, 0.4) is 0 Å². The van der Waals surface area contributed by atoms with Crippen molar-refractivity contribution in [3.63, 3.8) is 0 Å². The molecule has 3 aliphatic rings. The lowest BCUT2D eigenvalue weighted by Gasteiger charge is -2.38. The highest BCUT2D eigenvalue weighted by molar-refractivity contribution is 6.30. The Kier molecular flexibility index (Phi) is 5.74. The zero-order valence-electron chi connectivity index (χ0n) is 22.2. The van der Waals surface area contributed by atoms with Crippen LogP contribution in [0.5, 0.6) is 5.75 Å². The molecule has 3 aliphatic heterocycles. The number of hydrogen-bond acceptors (Lipinski definition) is 5. The molecule has 1 saturated heterocycles. The molecule has 198 valence electrons. The molecule has 7 heteroatoms. The molecule has 0 radical (unpaired) electrons. The molecular weight excluding hydrogens is 512 g/mol. The smallest absolute Gasteiger partial charge is 0.238 e. The highest BCUT2D eigenvalue weighted by Crippen LogP contribution is 2.58. The molecule has 4 atom stereocenters. The Labute approximate surface area is 232 Å². The topological polar surface area (TPSA) is 75.7 Å². The molecule has 1 fully saturated rings. The Bertz CT molecular complexity index is 1560. The summed E-state index contributed by atoms with van der Waals surface area (Å²) in [5, 5.41) is 3.55. The van der Waals surface area contributed by atoms with Gasteiger partial charge >= 0.3 is 0 Å². The predicted octanol–water partition coefficient (Wildman–Crippen LogP) is 5.94. The fourth-order valence-electron chi connectivity index (χ4n) is 6.52. The van der Waals surface area contributed by atoms with Gasteiger partial charge in [0, 0.05) is 32.9 Å². The summed E-state index contributed by atoms with van der Waals surface area (Å²) < 4.78 is 5.46. The molecule has 0 aliphatic carbocycles. The number of ketones is 2. The number of carbonyl (C=O) groups is 3. The van der Waals surface area contributed by atoms with Crippen molar-refractivity contribution in [2.75, 3.05) is 17.3 Å². The number of benzene rings is 3. The standard InChI is InChI=1S/C32H29ClN2O4/c1-31(2,3)29(37)27-26(28(36)18-9-12-20(33)13-10-18)32(22-7-5-6-8-23(22)34-30(32)38)25-16-11-19-17-21(39-4)14-15-24(19)35(25)27/h5-17,25-27H,1-4H3,(H,34,38).